The molecule has 1 heterocycles. The van der Waals surface area contributed by atoms with Crippen LogP contribution in [0, 0.1) is 0 Å². The monoisotopic (exact) mass is 315 g/mol. The molecule has 21 heavy (non-hydrogen) atoms. The Hall–Kier alpha value is -2.49. The first-order valence-electron chi connectivity index (χ1n) is 5.30. The maximum absolute atomic E-state index is 12.5. The topological polar surface area (TPSA) is 90.5 Å². The van der Waals surface area contributed by atoms with E-state index in [1.54, 1.807) is 0 Å². The second-order valence-electron chi connectivity index (χ2n) is 3.62. The SMILES string of the molecule is Nc1nc(/C([C]=O)=N/Oc2cccc(C(F)(F)F)c2)ns1. The van der Waals surface area contributed by atoms with Gasteiger partial charge < -0.3 is 10.6 Å². The molecule has 0 atom stereocenters. The summed E-state index contributed by atoms with van der Waals surface area (Å²) in [4.78, 5) is 19.2. The van der Waals surface area contributed by atoms with E-state index in [0.717, 1.165) is 29.7 Å². The number of hydrogen-bond donors (Lipinski definition) is 1. The van der Waals surface area contributed by atoms with Crippen molar-refractivity contribution in [3.8, 4) is 5.75 Å². The first-order valence-corrected chi connectivity index (χ1v) is 6.07. The van der Waals surface area contributed by atoms with Crippen molar-refractivity contribution < 1.29 is 22.8 Å². The average Bonchev–Trinajstić information content (AvgIpc) is 2.85. The minimum absolute atomic E-state index is 0.104. The molecule has 1 aromatic heterocycles. The summed E-state index contributed by atoms with van der Waals surface area (Å²) in [6.07, 6.45) is -3.08. The fraction of sp³-hybridized carbons (Fsp3) is 0.0909. The number of halogens is 3. The predicted octanol–water partition coefficient (Wildman–Crippen LogP) is 2.03. The normalized spacial score (nSPS) is 12.2. The molecule has 1 radical (unpaired) electrons. The minimum Gasteiger partial charge on any atom is -0.374 e. The first kappa shape index (κ1) is 14.9. The predicted molar refractivity (Wildman–Crippen MR) is 68.6 cm³/mol. The van der Waals surface area contributed by atoms with Crippen molar-refractivity contribution in [2.24, 2.45) is 5.16 Å². The third-order valence-corrected chi connectivity index (χ3v) is 2.70. The molecule has 0 amide bonds. The molecule has 0 fully saturated rings. The Morgan fingerprint density at radius 1 is 1.43 bits per heavy atom. The van der Waals surface area contributed by atoms with Crippen molar-refractivity contribution >= 4 is 28.7 Å². The van der Waals surface area contributed by atoms with Crippen LogP contribution in [0.1, 0.15) is 11.4 Å². The van der Waals surface area contributed by atoms with Crippen LogP contribution in [0.4, 0.5) is 18.3 Å². The van der Waals surface area contributed by atoms with Gasteiger partial charge in [-0.1, -0.05) is 11.2 Å². The molecule has 1 aromatic carbocycles. The Labute approximate surface area is 120 Å². The number of benzene rings is 1. The van der Waals surface area contributed by atoms with E-state index in [-0.39, 0.29) is 16.7 Å². The minimum atomic E-state index is -4.51. The maximum Gasteiger partial charge on any atom is 0.416 e. The quantitative estimate of drug-likeness (QED) is 0.688. The fourth-order valence-electron chi connectivity index (χ4n) is 1.26. The molecule has 2 N–H and O–H groups in total. The van der Waals surface area contributed by atoms with Crippen LogP contribution in [-0.2, 0) is 11.0 Å². The summed E-state index contributed by atoms with van der Waals surface area (Å²) in [7, 11) is 0. The second-order valence-corrected chi connectivity index (χ2v) is 4.40. The molecule has 0 bridgehead atoms. The average molecular weight is 315 g/mol. The summed E-state index contributed by atoms with van der Waals surface area (Å²) in [5.74, 6) is -0.305. The van der Waals surface area contributed by atoms with Crippen LogP contribution in [0.5, 0.6) is 5.75 Å². The van der Waals surface area contributed by atoms with E-state index in [9.17, 15) is 18.0 Å². The van der Waals surface area contributed by atoms with Crippen molar-refractivity contribution in [1.82, 2.24) is 9.36 Å². The van der Waals surface area contributed by atoms with Crippen LogP contribution in [0.25, 0.3) is 0 Å². The van der Waals surface area contributed by atoms with Gasteiger partial charge in [0.15, 0.2) is 16.6 Å². The largest absolute Gasteiger partial charge is 0.416 e. The lowest BCUT2D eigenvalue weighted by Gasteiger charge is -2.07. The van der Waals surface area contributed by atoms with Gasteiger partial charge in [-0.3, -0.25) is 4.79 Å². The van der Waals surface area contributed by atoms with E-state index in [0.29, 0.717) is 0 Å². The van der Waals surface area contributed by atoms with Crippen LogP contribution in [0.2, 0.25) is 0 Å². The highest BCUT2D eigenvalue weighted by Gasteiger charge is 2.30. The number of oxime groups is 1. The number of aromatic nitrogens is 2. The molecular formula is C11H6F3N4O2S. The zero-order valence-electron chi connectivity index (χ0n) is 10.1. The van der Waals surface area contributed by atoms with Crippen LogP contribution in [0.15, 0.2) is 29.4 Å². The zero-order chi connectivity index (χ0) is 15.5. The van der Waals surface area contributed by atoms with E-state index in [4.69, 9.17) is 10.6 Å². The lowest BCUT2D eigenvalue weighted by atomic mass is 10.2. The highest BCUT2D eigenvalue weighted by atomic mass is 32.1. The van der Waals surface area contributed by atoms with Gasteiger partial charge in [-0.05, 0) is 18.2 Å². The number of rotatable bonds is 4. The molecule has 6 nitrogen and oxygen atoms in total. The van der Waals surface area contributed by atoms with Crippen molar-refractivity contribution in [1.29, 1.82) is 0 Å². The highest BCUT2D eigenvalue weighted by Crippen LogP contribution is 2.31. The number of nitrogens with zero attached hydrogens (tertiary/aromatic N) is 3. The van der Waals surface area contributed by atoms with Gasteiger partial charge in [0.1, 0.15) is 0 Å². The Morgan fingerprint density at radius 3 is 2.76 bits per heavy atom. The van der Waals surface area contributed by atoms with Gasteiger partial charge in [-0.2, -0.15) is 22.5 Å². The molecular weight excluding hydrogens is 309 g/mol. The summed E-state index contributed by atoms with van der Waals surface area (Å²) >= 11 is 0.828. The van der Waals surface area contributed by atoms with E-state index < -0.39 is 17.5 Å². The summed E-state index contributed by atoms with van der Waals surface area (Å²) in [6.45, 7) is 0. The molecule has 0 aliphatic carbocycles. The Bertz CT molecular complexity index is 684. The number of carbonyl (C=O) groups excluding carboxylic acids is 1. The van der Waals surface area contributed by atoms with Crippen molar-refractivity contribution in [2.45, 2.75) is 6.18 Å². The van der Waals surface area contributed by atoms with Gasteiger partial charge in [-0.15, -0.1) is 0 Å². The molecule has 0 unspecified atom stereocenters. The summed E-state index contributed by atoms with van der Waals surface area (Å²) in [6, 6.07) is 4.03. The van der Waals surface area contributed by atoms with Gasteiger partial charge in [-0.25, -0.2) is 0 Å². The van der Waals surface area contributed by atoms with Crippen LogP contribution < -0.4 is 10.6 Å². The number of nitrogen functional groups attached to an aromatic ring is 1. The Kier molecular flexibility index (Phi) is 4.17. The van der Waals surface area contributed by atoms with Gasteiger partial charge in [0.2, 0.25) is 5.82 Å². The molecule has 10 heteroatoms. The van der Waals surface area contributed by atoms with Crippen LogP contribution in [-0.4, -0.2) is 21.4 Å². The van der Waals surface area contributed by atoms with E-state index in [1.165, 1.54) is 12.4 Å². The van der Waals surface area contributed by atoms with E-state index in [1.807, 2.05) is 0 Å². The lowest BCUT2D eigenvalue weighted by Crippen LogP contribution is -2.08. The summed E-state index contributed by atoms with van der Waals surface area (Å²) < 4.78 is 41.3. The standard InChI is InChI=1S/C11H6F3N4O2S/c12-11(13,14)6-2-1-3-7(4-6)20-17-8(5-19)9-16-10(15)21-18-9/h1-4H,(H2,15,16,18)/b17-8+. The van der Waals surface area contributed by atoms with Gasteiger partial charge in [0.05, 0.1) is 5.56 Å². The van der Waals surface area contributed by atoms with Gasteiger partial charge in [0, 0.05) is 11.5 Å². The Balaban J connectivity index is 2.21. The smallest absolute Gasteiger partial charge is 0.374 e. The molecule has 0 aliphatic rings. The van der Waals surface area contributed by atoms with Crippen LogP contribution >= 0.6 is 11.5 Å². The molecule has 2 aromatic rings. The number of alkyl halides is 3. The van der Waals surface area contributed by atoms with Crippen molar-refractivity contribution in [3.05, 3.63) is 35.7 Å². The highest BCUT2D eigenvalue weighted by molar-refractivity contribution is 7.09. The number of nitrogens with two attached hydrogens (primary N) is 1. The van der Waals surface area contributed by atoms with Crippen molar-refractivity contribution in [3.63, 3.8) is 0 Å². The number of anilines is 1. The molecule has 2 rings (SSSR count). The third-order valence-electron chi connectivity index (χ3n) is 2.15. The van der Waals surface area contributed by atoms with Crippen LogP contribution in [0.3, 0.4) is 0 Å². The summed E-state index contributed by atoms with van der Waals surface area (Å²) in [5, 5.41) is 3.47. The molecule has 0 saturated heterocycles. The van der Waals surface area contributed by atoms with E-state index >= 15 is 0 Å². The van der Waals surface area contributed by atoms with Crippen molar-refractivity contribution in [2.75, 3.05) is 5.73 Å². The second kappa shape index (κ2) is 5.87. The third kappa shape index (κ3) is 3.75. The fourth-order valence-corrected chi connectivity index (χ4v) is 1.70. The molecule has 0 aliphatic heterocycles. The zero-order valence-corrected chi connectivity index (χ0v) is 10.9. The maximum atomic E-state index is 12.5. The molecule has 109 valence electrons. The number of hydrogen-bond acceptors (Lipinski definition) is 7. The first-order chi connectivity index (χ1) is 9.90. The van der Waals surface area contributed by atoms with Gasteiger partial charge in [0.25, 0.3) is 6.29 Å². The Morgan fingerprint density at radius 2 is 2.19 bits per heavy atom. The van der Waals surface area contributed by atoms with Gasteiger partial charge >= 0.3 is 6.18 Å². The molecule has 0 spiro atoms. The summed E-state index contributed by atoms with van der Waals surface area (Å²) in [5.41, 5.74) is 4.04. The van der Waals surface area contributed by atoms with E-state index in [2.05, 4.69) is 14.5 Å². The molecule has 0 saturated carbocycles. The lowest BCUT2D eigenvalue weighted by molar-refractivity contribution is -0.137.